The lowest BCUT2D eigenvalue weighted by molar-refractivity contribution is 0.0993. The van der Waals surface area contributed by atoms with Crippen LogP contribution in [0, 0.1) is 0 Å². The fourth-order valence-corrected chi connectivity index (χ4v) is 1.71. The maximum atomic E-state index is 10.8. The highest BCUT2D eigenvalue weighted by molar-refractivity contribution is 7.86. The van der Waals surface area contributed by atoms with Crippen molar-refractivity contribution in [3.8, 4) is 11.5 Å². The van der Waals surface area contributed by atoms with E-state index in [4.69, 9.17) is 15.4 Å². The number of primary amides is 1. The van der Waals surface area contributed by atoms with E-state index in [0.717, 1.165) is 12.1 Å². The summed E-state index contributed by atoms with van der Waals surface area (Å²) in [4.78, 5) is 9.96. The summed E-state index contributed by atoms with van der Waals surface area (Å²) in [5, 5.41) is 18.2. The van der Waals surface area contributed by atoms with Crippen molar-refractivity contribution in [3.05, 3.63) is 17.7 Å². The van der Waals surface area contributed by atoms with Gasteiger partial charge in [0.25, 0.3) is 16.0 Å². The fourth-order valence-electron chi connectivity index (χ4n) is 1.01. The zero-order valence-electron chi connectivity index (χ0n) is 7.21. The third-order valence-electron chi connectivity index (χ3n) is 1.64. The summed E-state index contributed by atoms with van der Waals surface area (Å²) in [5.41, 5.74) is 3.95. The highest BCUT2D eigenvalue weighted by Crippen LogP contribution is 2.32. The van der Waals surface area contributed by atoms with Gasteiger partial charge in [-0.1, -0.05) is 0 Å². The molecule has 1 aromatic carbocycles. The molecule has 0 unspecified atom stereocenters. The van der Waals surface area contributed by atoms with E-state index in [0.29, 0.717) is 0 Å². The molecular weight excluding hydrogens is 226 g/mol. The second-order valence-corrected chi connectivity index (χ2v) is 4.04. The number of benzene rings is 1. The average Bonchev–Trinajstić information content (AvgIpc) is 2.06. The Bertz CT molecular complexity index is 521. The summed E-state index contributed by atoms with van der Waals surface area (Å²) in [6.45, 7) is 0. The summed E-state index contributed by atoms with van der Waals surface area (Å²) < 4.78 is 30.3. The van der Waals surface area contributed by atoms with Gasteiger partial charge in [0.2, 0.25) is 0 Å². The van der Waals surface area contributed by atoms with Gasteiger partial charge in [-0.3, -0.25) is 9.35 Å². The van der Waals surface area contributed by atoms with Crippen LogP contribution >= 0.6 is 0 Å². The van der Waals surface area contributed by atoms with E-state index in [1.807, 2.05) is 0 Å². The molecule has 0 atom stereocenters. The molecule has 0 bridgehead atoms. The largest absolute Gasteiger partial charge is 0.504 e. The Morgan fingerprint density at radius 1 is 1.27 bits per heavy atom. The summed E-state index contributed by atoms with van der Waals surface area (Å²) >= 11 is 0. The minimum Gasteiger partial charge on any atom is -0.504 e. The molecule has 5 N–H and O–H groups in total. The first-order valence-corrected chi connectivity index (χ1v) is 5.01. The second-order valence-electron chi connectivity index (χ2n) is 2.65. The third kappa shape index (κ3) is 2.00. The third-order valence-corrected chi connectivity index (χ3v) is 2.54. The molecule has 0 radical (unpaired) electrons. The first-order valence-electron chi connectivity index (χ1n) is 3.57. The summed E-state index contributed by atoms with van der Waals surface area (Å²) in [5.74, 6) is -2.98. The van der Waals surface area contributed by atoms with Crippen molar-refractivity contribution in [2.45, 2.75) is 4.90 Å². The first kappa shape index (κ1) is 11.3. The van der Waals surface area contributed by atoms with Gasteiger partial charge in [0.05, 0.1) is 0 Å². The van der Waals surface area contributed by atoms with Gasteiger partial charge in [0, 0.05) is 0 Å². The van der Waals surface area contributed by atoms with Crippen LogP contribution in [0.4, 0.5) is 0 Å². The Balaban J connectivity index is 3.70. The number of nitrogens with two attached hydrogens (primary N) is 1. The number of carbonyl (C=O) groups excluding carboxylic acids is 1. The van der Waals surface area contributed by atoms with Gasteiger partial charge in [0.15, 0.2) is 11.5 Å². The molecular formula is C7H7NO6S. The summed E-state index contributed by atoms with van der Waals surface area (Å²) in [6.07, 6.45) is 0. The van der Waals surface area contributed by atoms with Crippen LogP contribution in [-0.2, 0) is 10.1 Å². The normalized spacial score (nSPS) is 11.3. The second kappa shape index (κ2) is 3.41. The number of aromatic hydroxyl groups is 2. The van der Waals surface area contributed by atoms with E-state index in [-0.39, 0.29) is 0 Å². The number of phenols is 2. The van der Waals surface area contributed by atoms with Gasteiger partial charge in [0.1, 0.15) is 10.5 Å². The zero-order chi connectivity index (χ0) is 11.8. The van der Waals surface area contributed by atoms with Gasteiger partial charge in [-0.25, -0.2) is 0 Å². The average molecular weight is 233 g/mol. The molecule has 0 aliphatic carbocycles. The van der Waals surface area contributed by atoms with Crippen molar-refractivity contribution in [2.75, 3.05) is 0 Å². The van der Waals surface area contributed by atoms with Crippen LogP contribution in [0.3, 0.4) is 0 Å². The predicted molar refractivity (Wildman–Crippen MR) is 48.1 cm³/mol. The Morgan fingerprint density at radius 2 is 1.80 bits per heavy atom. The van der Waals surface area contributed by atoms with Crippen molar-refractivity contribution in [2.24, 2.45) is 5.73 Å². The van der Waals surface area contributed by atoms with Crippen molar-refractivity contribution in [1.29, 1.82) is 0 Å². The van der Waals surface area contributed by atoms with E-state index in [2.05, 4.69) is 0 Å². The minimum atomic E-state index is -4.69. The molecule has 8 heteroatoms. The molecule has 82 valence electrons. The van der Waals surface area contributed by atoms with Crippen LogP contribution in [0.25, 0.3) is 0 Å². The topological polar surface area (TPSA) is 138 Å². The fraction of sp³-hybridized carbons (Fsp3) is 0. The number of hydrogen-bond donors (Lipinski definition) is 4. The van der Waals surface area contributed by atoms with Gasteiger partial charge in [-0.05, 0) is 12.1 Å². The molecule has 0 aromatic heterocycles. The number of amides is 1. The SMILES string of the molecule is NC(=O)c1c(S(=O)(=O)O)ccc(O)c1O. The van der Waals surface area contributed by atoms with Crippen LogP contribution in [-0.4, -0.2) is 29.1 Å². The van der Waals surface area contributed by atoms with E-state index in [1.165, 1.54) is 0 Å². The number of hydrogen-bond acceptors (Lipinski definition) is 5. The molecule has 1 amide bonds. The Labute approximate surface area is 84.5 Å². The maximum Gasteiger partial charge on any atom is 0.295 e. The predicted octanol–water partition coefficient (Wildman–Crippen LogP) is -0.557. The molecule has 0 heterocycles. The van der Waals surface area contributed by atoms with E-state index in [9.17, 15) is 18.3 Å². The van der Waals surface area contributed by atoms with Crippen molar-refractivity contribution >= 4 is 16.0 Å². The molecule has 0 saturated heterocycles. The molecule has 0 fully saturated rings. The molecule has 0 aliphatic rings. The van der Waals surface area contributed by atoms with E-state index >= 15 is 0 Å². The van der Waals surface area contributed by atoms with Crippen molar-refractivity contribution in [3.63, 3.8) is 0 Å². The molecule has 1 rings (SSSR count). The van der Waals surface area contributed by atoms with Crippen LogP contribution in [0.1, 0.15) is 10.4 Å². The van der Waals surface area contributed by atoms with Crippen LogP contribution < -0.4 is 5.73 Å². The number of carbonyl (C=O) groups is 1. The van der Waals surface area contributed by atoms with E-state index < -0.39 is 38.0 Å². The van der Waals surface area contributed by atoms with Crippen LogP contribution in [0.15, 0.2) is 17.0 Å². The van der Waals surface area contributed by atoms with E-state index in [1.54, 1.807) is 0 Å². The lowest BCUT2D eigenvalue weighted by atomic mass is 10.2. The zero-order valence-corrected chi connectivity index (χ0v) is 8.02. The minimum absolute atomic E-state index is 0.712. The quantitative estimate of drug-likeness (QED) is 0.399. The van der Waals surface area contributed by atoms with Gasteiger partial charge in [-0.15, -0.1) is 0 Å². The molecule has 0 spiro atoms. The molecule has 0 aliphatic heterocycles. The highest BCUT2D eigenvalue weighted by atomic mass is 32.2. The van der Waals surface area contributed by atoms with Crippen LogP contribution in [0.2, 0.25) is 0 Å². The lowest BCUT2D eigenvalue weighted by Crippen LogP contribution is -2.16. The maximum absolute atomic E-state index is 10.8. The molecule has 1 aromatic rings. The van der Waals surface area contributed by atoms with Crippen molar-refractivity contribution < 1.29 is 28.0 Å². The first-order chi connectivity index (χ1) is 6.75. The van der Waals surface area contributed by atoms with Crippen molar-refractivity contribution in [1.82, 2.24) is 0 Å². The monoisotopic (exact) mass is 233 g/mol. The van der Waals surface area contributed by atoms with Crippen LogP contribution in [0.5, 0.6) is 11.5 Å². The Hall–Kier alpha value is -1.80. The molecule has 15 heavy (non-hydrogen) atoms. The molecule has 0 saturated carbocycles. The van der Waals surface area contributed by atoms with Gasteiger partial charge in [-0.2, -0.15) is 8.42 Å². The molecule has 7 nitrogen and oxygen atoms in total. The summed E-state index contributed by atoms with van der Waals surface area (Å²) in [6, 6.07) is 1.56. The Kier molecular flexibility index (Phi) is 2.56. The summed E-state index contributed by atoms with van der Waals surface area (Å²) in [7, 11) is -4.69. The lowest BCUT2D eigenvalue weighted by Gasteiger charge is -2.06. The highest BCUT2D eigenvalue weighted by Gasteiger charge is 2.24. The van der Waals surface area contributed by atoms with Gasteiger partial charge < -0.3 is 15.9 Å². The number of phenolic OH excluding ortho intramolecular Hbond substituents is 1. The number of rotatable bonds is 2. The standard InChI is InChI=1S/C7H7NO6S/c8-7(11)5-4(15(12,13)14)2-1-3(9)6(5)10/h1-2,9-10H,(H2,8,11)(H,12,13,14). The smallest absolute Gasteiger partial charge is 0.295 e. The van der Waals surface area contributed by atoms with Gasteiger partial charge >= 0.3 is 0 Å². The Morgan fingerprint density at radius 3 is 2.20 bits per heavy atom.